The van der Waals surface area contributed by atoms with Gasteiger partial charge in [0.15, 0.2) is 5.60 Å². The molecule has 10 nitrogen and oxygen atoms in total. The van der Waals surface area contributed by atoms with Crippen LogP contribution in [0.3, 0.4) is 0 Å². The lowest BCUT2D eigenvalue weighted by Crippen LogP contribution is -2.45. The van der Waals surface area contributed by atoms with Crippen molar-refractivity contribution < 1.29 is 33.1 Å². The standard InChI is InChI=1S/C40H47FN4O6Si/c1-27-38(52(2,3)41)34(24-37(49)42(20-21-46)25-28-10-5-4-6-11-28)51-40(27)32-23-31(44-19-9-15-36(44)48)16-17-33(32)45(39(40)50)26-29-12-7-13-30(22-29)43-18-8-14-35(43)47/h4-7,10-13,16-17,22-23,27,34,38,46H,8-9,14-15,18-21,24-26H2,1-3H3/t27-,34+,38-,40+/m0/s1. The summed E-state index contributed by atoms with van der Waals surface area (Å²) in [7, 11) is -3.58. The quantitative estimate of drug-likeness (QED) is 0.202. The lowest BCUT2D eigenvalue weighted by Gasteiger charge is -2.31. The molecule has 274 valence electrons. The van der Waals surface area contributed by atoms with Gasteiger partial charge in [-0.1, -0.05) is 49.4 Å². The molecule has 0 bridgehead atoms. The molecule has 12 heteroatoms. The largest absolute Gasteiger partial charge is 0.395 e. The molecule has 1 N–H and O–H groups in total. The number of rotatable bonds is 11. The molecule has 3 aromatic rings. The topological polar surface area (TPSA) is 111 Å². The van der Waals surface area contributed by atoms with Crippen LogP contribution in [0.25, 0.3) is 0 Å². The number of benzene rings is 3. The van der Waals surface area contributed by atoms with Gasteiger partial charge in [-0.2, -0.15) is 0 Å². The first-order valence-electron chi connectivity index (χ1n) is 18.4. The van der Waals surface area contributed by atoms with E-state index in [0.29, 0.717) is 42.9 Å². The van der Waals surface area contributed by atoms with Gasteiger partial charge in [0.25, 0.3) is 5.91 Å². The molecule has 0 radical (unpaired) electrons. The van der Waals surface area contributed by atoms with Gasteiger partial charge in [-0.15, -0.1) is 0 Å². The minimum absolute atomic E-state index is 0.00452. The van der Waals surface area contributed by atoms with Crippen molar-refractivity contribution in [2.24, 2.45) is 5.92 Å². The van der Waals surface area contributed by atoms with Crippen molar-refractivity contribution in [2.75, 3.05) is 40.9 Å². The Hall–Kier alpha value is -4.39. The summed E-state index contributed by atoms with van der Waals surface area (Å²) in [6.45, 7) is 6.61. The third-order valence-electron chi connectivity index (χ3n) is 11.3. The summed E-state index contributed by atoms with van der Waals surface area (Å²) in [5, 5.41) is 9.86. The molecule has 4 amide bonds. The van der Waals surface area contributed by atoms with Crippen LogP contribution < -0.4 is 14.7 Å². The molecule has 0 aliphatic carbocycles. The van der Waals surface area contributed by atoms with Gasteiger partial charge in [-0.05, 0) is 67.4 Å². The Kier molecular flexibility index (Phi) is 9.83. The highest BCUT2D eigenvalue weighted by atomic mass is 28.4. The number of anilines is 3. The lowest BCUT2D eigenvalue weighted by molar-refractivity contribution is -0.150. The van der Waals surface area contributed by atoms with Crippen molar-refractivity contribution in [1.82, 2.24) is 4.90 Å². The van der Waals surface area contributed by atoms with Crippen LogP contribution >= 0.6 is 0 Å². The SMILES string of the molecule is C[C@H]1[C@H]([Si](C)(C)F)[C@@H](CC(=O)N(CCO)Cc2ccccc2)O[C@]12C(=O)N(Cc1cccc(N3CCCC3=O)c1)c1ccc(N3CCCC3=O)cc12. The van der Waals surface area contributed by atoms with Gasteiger partial charge in [-0.25, -0.2) is 0 Å². The first-order chi connectivity index (χ1) is 24.9. The fourth-order valence-corrected chi connectivity index (χ4v) is 11.4. The first kappa shape index (κ1) is 36.0. The smallest absolute Gasteiger partial charge is 0.264 e. The summed E-state index contributed by atoms with van der Waals surface area (Å²) in [5.41, 5.74) is 2.05. The number of ether oxygens (including phenoxy) is 1. The van der Waals surface area contributed by atoms with Gasteiger partial charge in [0.1, 0.15) is 0 Å². The average Bonchev–Trinajstić information content (AvgIpc) is 3.87. The number of carbonyl (C=O) groups excluding carboxylic acids is 4. The molecule has 1 spiro atoms. The Morgan fingerprint density at radius 3 is 2.19 bits per heavy atom. The number of aliphatic hydroxyl groups excluding tert-OH is 1. The van der Waals surface area contributed by atoms with Gasteiger partial charge in [0.05, 0.1) is 31.4 Å². The molecule has 0 aromatic heterocycles. The van der Waals surface area contributed by atoms with Crippen LogP contribution in [0, 0.1) is 5.92 Å². The molecule has 52 heavy (non-hydrogen) atoms. The number of aliphatic hydroxyl groups is 1. The van der Waals surface area contributed by atoms with E-state index in [4.69, 9.17) is 4.74 Å². The van der Waals surface area contributed by atoms with E-state index in [-0.39, 0.29) is 56.3 Å². The van der Waals surface area contributed by atoms with Crippen LogP contribution in [-0.2, 0) is 42.6 Å². The van der Waals surface area contributed by atoms with Crippen molar-refractivity contribution in [1.29, 1.82) is 0 Å². The van der Waals surface area contributed by atoms with Crippen molar-refractivity contribution in [3.8, 4) is 0 Å². The van der Waals surface area contributed by atoms with Gasteiger partial charge < -0.3 is 33.6 Å². The molecule has 4 aliphatic heterocycles. The summed E-state index contributed by atoms with van der Waals surface area (Å²) in [4.78, 5) is 61.2. The summed E-state index contributed by atoms with van der Waals surface area (Å²) in [6.07, 6.45) is 1.43. The van der Waals surface area contributed by atoms with Crippen LogP contribution in [0.2, 0.25) is 18.6 Å². The molecule has 7 rings (SSSR count). The number of nitrogens with zero attached hydrogens (tertiary/aromatic N) is 4. The lowest BCUT2D eigenvalue weighted by atomic mass is 9.82. The second kappa shape index (κ2) is 14.2. The number of amides is 4. The summed E-state index contributed by atoms with van der Waals surface area (Å²) in [6, 6.07) is 22.7. The normalized spacial score (nSPS) is 24.4. The number of fused-ring (bicyclic) bond motifs is 2. The Labute approximate surface area is 305 Å². The van der Waals surface area contributed by atoms with Crippen LogP contribution in [0.4, 0.5) is 21.2 Å². The zero-order chi connectivity index (χ0) is 36.8. The molecular weight excluding hydrogens is 680 g/mol. The Morgan fingerprint density at radius 1 is 0.923 bits per heavy atom. The molecular formula is C40H47FN4O6Si. The van der Waals surface area contributed by atoms with Gasteiger partial charge in [-0.3, -0.25) is 19.2 Å². The zero-order valence-corrected chi connectivity index (χ0v) is 31.1. The van der Waals surface area contributed by atoms with E-state index >= 15 is 8.90 Å². The zero-order valence-electron chi connectivity index (χ0n) is 30.1. The number of halogens is 1. The van der Waals surface area contributed by atoms with E-state index < -0.39 is 31.6 Å². The third-order valence-corrected chi connectivity index (χ3v) is 13.7. The van der Waals surface area contributed by atoms with Crippen molar-refractivity contribution in [3.63, 3.8) is 0 Å². The highest BCUT2D eigenvalue weighted by Gasteiger charge is 2.67. The highest BCUT2D eigenvalue weighted by Crippen LogP contribution is 2.61. The monoisotopic (exact) mass is 726 g/mol. The average molecular weight is 727 g/mol. The van der Waals surface area contributed by atoms with Crippen LogP contribution in [0.15, 0.2) is 72.8 Å². The molecule has 4 aliphatic rings. The number of hydrogen-bond acceptors (Lipinski definition) is 6. The molecule has 0 saturated carbocycles. The van der Waals surface area contributed by atoms with Gasteiger partial charge >= 0.3 is 0 Å². The molecule has 3 fully saturated rings. The van der Waals surface area contributed by atoms with Crippen molar-refractivity contribution in [3.05, 3.63) is 89.5 Å². The van der Waals surface area contributed by atoms with Gasteiger partial charge in [0.2, 0.25) is 26.1 Å². The van der Waals surface area contributed by atoms with Crippen molar-refractivity contribution >= 4 is 49.1 Å². The summed E-state index contributed by atoms with van der Waals surface area (Å²) in [5.74, 6) is -1.18. The van der Waals surface area contributed by atoms with Crippen LogP contribution in [-0.4, -0.2) is 74.4 Å². The Bertz CT molecular complexity index is 1870. The highest BCUT2D eigenvalue weighted by molar-refractivity contribution is 6.72. The second-order valence-corrected chi connectivity index (χ2v) is 18.9. The predicted octanol–water partition coefficient (Wildman–Crippen LogP) is 5.67. The molecule has 4 atom stereocenters. The van der Waals surface area contributed by atoms with Crippen LogP contribution in [0.5, 0.6) is 0 Å². The van der Waals surface area contributed by atoms with E-state index in [2.05, 4.69) is 0 Å². The van der Waals surface area contributed by atoms with E-state index in [0.717, 1.165) is 29.7 Å². The third kappa shape index (κ3) is 6.45. The maximum Gasteiger partial charge on any atom is 0.264 e. The number of hydrogen-bond donors (Lipinski definition) is 1. The van der Waals surface area contributed by atoms with Gasteiger partial charge in [0, 0.05) is 67.4 Å². The van der Waals surface area contributed by atoms with Crippen molar-refractivity contribution in [2.45, 2.75) is 82.5 Å². The molecule has 4 heterocycles. The minimum Gasteiger partial charge on any atom is -0.395 e. The molecule has 0 unspecified atom stereocenters. The fraction of sp³-hybridized carbons (Fsp3) is 0.450. The van der Waals surface area contributed by atoms with E-state index in [1.165, 1.54) is 0 Å². The first-order valence-corrected chi connectivity index (χ1v) is 21.3. The predicted molar refractivity (Wildman–Crippen MR) is 199 cm³/mol. The maximum absolute atomic E-state index is 16.6. The minimum atomic E-state index is -3.58. The van der Waals surface area contributed by atoms with E-state index in [1.54, 1.807) is 32.7 Å². The van der Waals surface area contributed by atoms with Crippen LogP contribution in [0.1, 0.15) is 55.7 Å². The summed E-state index contributed by atoms with van der Waals surface area (Å²) < 4.78 is 23.5. The summed E-state index contributed by atoms with van der Waals surface area (Å²) >= 11 is 0. The van der Waals surface area contributed by atoms with E-state index in [9.17, 15) is 19.5 Å². The number of carbonyl (C=O) groups is 4. The fourth-order valence-electron chi connectivity index (χ4n) is 8.93. The maximum atomic E-state index is 16.6. The molecule has 3 aromatic carbocycles. The Morgan fingerprint density at radius 2 is 1.58 bits per heavy atom. The molecule has 3 saturated heterocycles. The Balaban J connectivity index is 1.26. The van der Waals surface area contributed by atoms with E-state index in [1.807, 2.05) is 79.7 Å². The second-order valence-electron chi connectivity index (χ2n) is 15.1.